The largest absolute Gasteiger partial charge is 0.352 e. The Labute approximate surface area is 248 Å². The van der Waals surface area contributed by atoms with Gasteiger partial charge in [0.15, 0.2) is 0 Å². The lowest BCUT2D eigenvalue weighted by atomic mass is 10.1. The normalized spacial score (nSPS) is 14.5. The molecule has 0 aromatic heterocycles. The van der Waals surface area contributed by atoms with Crippen molar-refractivity contribution in [1.82, 2.24) is 10.2 Å². The molecule has 3 aromatic rings. The predicted octanol–water partition coefficient (Wildman–Crippen LogP) is 5.94. The van der Waals surface area contributed by atoms with Gasteiger partial charge in [0.25, 0.3) is 10.0 Å². The van der Waals surface area contributed by atoms with E-state index < -0.39 is 28.5 Å². The first kappa shape index (κ1) is 30.6. The monoisotopic (exact) mass is 595 g/mol. The fourth-order valence-electron chi connectivity index (χ4n) is 5.01. The number of sulfonamides is 1. The molecule has 218 valence electrons. The van der Waals surface area contributed by atoms with E-state index in [1.807, 2.05) is 51.1 Å². The van der Waals surface area contributed by atoms with Gasteiger partial charge in [0.2, 0.25) is 11.8 Å². The highest BCUT2D eigenvalue weighted by Crippen LogP contribution is 2.27. The lowest BCUT2D eigenvalue weighted by molar-refractivity contribution is -0.139. The maximum Gasteiger partial charge on any atom is 0.264 e. The molecule has 1 fully saturated rings. The number of benzene rings is 3. The zero-order valence-corrected chi connectivity index (χ0v) is 25.6. The van der Waals surface area contributed by atoms with Crippen LogP contribution in [-0.4, -0.2) is 43.8 Å². The van der Waals surface area contributed by atoms with Crippen molar-refractivity contribution in [2.45, 2.75) is 76.9 Å². The van der Waals surface area contributed by atoms with Crippen molar-refractivity contribution in [3.05, 3.63) is 94.0 Å². The average Bonchev–Trinajstić information content (AvgIpc) is 3.45. The number of nitrogens with zero attached hydrogens (tertiary/aromatic N) is 2. The number of aryl methyl sites for hydroxylation is 3. The smallest absolute Gasteiger partial charge is 0.264 e. The molecule has 1 aliphatic rings. The summed E-state index contributed by atoms with van der Waals surface area (Å²) in [5, 5.41) is 3.50. The summed E-state index contributed by atoms with van der Waals surface area (Å²) in [4.78, 5) is 28.9. The van der Waals surface area contributed by atoms with Gasteiger partial charge in [-0.25, -0.2) is 8.42 Å². The molecular formula is C32H38ClN3O4S. The second kappa shape index (κ2) is 13.1. The number of hydrogen-bond acceptors (Lipinski definition) is 4. The van der Waals surface area contributed by atoms with Gasteiger partial charge in [-0.1, -0.05) is 60.3 Å². The van der Waals surface area contributed by atoms with Crippen LogP contribution in [0.25, 0.3) is 0 Å². The summed E-state index contributed by atoms with van der Waals surface area (Å²) in [7, 11) is -4.15. The average molecular weight is 596 g/mol. The summed E-state index contributed by atoms with van der Waals surface area (Å²) < 4.78 is 29.0. The number of halogens is 1. The van der Waals surface area contributed by atoms with Crippen LogP contribution in [0.5, 0.6) is 0 Å². The molecular weight excluding hydrogens is 558 g/mol. The summed E-state index contributed by atoms with van der Waals surface area (Å²) in [6.45, 7) is 7.21. The van der Waals surface area contributed by atoms with Gasteiger partial charge in [0, 0.05) is 17.6 Å². The molecule has 41 heavy (non-hydrogen) atoms. The summed E-state index contributed by atoms with van der Waals surface area (Å²) in [6, 6.07) is 18.2. The number of nitrogens with one attached hydrogen (secondary N) is 1. The third-order valence-electron chi connectivity index (χ3n) is 7.80. The number of amides is 2. The van der Waals surface area contributed by atoms with E-state index in [-0.39, 0.29) is 23.4 Å². The number of carbonyl (C=O) groups excluding carboxylic acids is 2. The maximum atomic E-state index is 14.1. The fourth-order valence-corrected chi connectivity index (χ4v) is 6.54. The minimum absolute atomic E-state index is 0.0186. The molecule has 0 bridgehead atoms. The quantitative estimate of drug-likeness (QED) is 0.314. The van der Waals surface area contributed by atoms with Crippen molar-refractivity contribution < 1.29 is 18.0 Å². The molecule has 0 spiro atoms. The van der Waals surface area contributed by atoms with Crippen molar-refractivity contribution in [3.8, 4) is 0 Å². The second-order valence-corrected chi connectivity index (χ2v) is 13.2. The van der Waals surface area contributed by atoms with Gasteiger partial charge in [-0.15, -0.1) is 0 Å². The van der Waals surface area contributed by atoms with Crippen LogP contribution >= 0.6 is 11.6 Å². The predicted molar refractivity (Wildman–Crippen MR) is 163 cm³/mol. The highest BCUT2D eigenvalue weighted by atomic mass is 35.5. The first-order valence-electron chi connectivity index (χ1n) is 14.0. The Balaban J connectivity index is 1.70. The molecule has 2 amide bonds. The van der Waals surface area contributed by atoms with E-state index >= 15 is 0 Å². The van der Waals surface area contributed by atoms with E-state index in [2.05, 4.69) is 5.32 Å². The van der Waals surface area contributed by atoms with Crippen LogP contribution < -0.4 is 9.62 Å². The lowest BCUT2D eigenvalue weighted by Crippen LogP contribution is -2.52. The summed E-state index contributed by atoms with van der Waals surface area (Å²) in [6.07, 6.45) is 3.98. The van der Waals surface area contributed by atoms with E-state index in [4.69, 9.17) is 11.6 Å². The van der Waals surface area contributed by atoms with Crippen LogP contribution in [0.3, 0.4) is 0 Å². The third-order valence-corrected chi connectivity index (χ3v) is 9.84. The van der Waals surface area contributed by atoms with Gasteiger partial charge in [-0.3, -0.25) is 13.9 Å². The lowest BCUT2D eigenvalue weighted by Gasteiger charge is -2.32. The van der Waals surface area contributed by atoms with Crippen LogP contribution in [-0.2, 0) is 26.2 Å². The first-order chi connectivity index (χ1) is 19.5. The number of rotatable bonds is 10. The molecule has 1 N–H and O–H groups in total. The van der Waals surface area contributed by atoms with E-state index in [1.54, 1.807) is 19.1 Å². The van der Waals surface area contributed by atoms with Gasteiger partial charge < -0.3 is 10.2 Å². The molecule has 7 nitrogen and oxygen atoms in total. The minimum atomic E-state index is -4.15. The van der Waals surface area contributed by atoms with Crippen LogP contribution in [0, 0.1) is 20.8 Å². The van der Waals surface area contributed by atoms with E-state index in [0.29, 0.717) is 10.7 Å². The zero-order chi connectivity index (χ0) is 29.7. The summed E-state index contributed by atoms with van der Waals surface area (Å²) >= 11 is 6.03. The molecule has 9 heteroatoms. The van der Waals surface area contributed by atoms with Gasteiger partial charge in [-0.2, -0.15) is 0 Å². The van der Waals surface area contributed by atoms with E-state index in [0.717, 1.165) is 52.2 Å². The molecule has 0 radical (unpaired) electrons. The fraction of sp³-hybridized carbons (Fsp3) is 0.375. The molecule has 1 unspecified atom stereocenters. The van der Waals surface area contributed by atoms with Crippen molar-refractivity contribution in [2.75, 3.05) is 10.8 Å². The van der Waals surface area contributed by atoms with Gasteiger partial charge in [0.05, 0.1) is 10.6 Å². The molecule has 3 aromatic carbocycles. The number of carbonyl (C=O) groups is 2. The molecule has 1 atom stereocenters. The Morgan fingerprint density at radius 3 is 2.17 bits per heavy atom. The molecule has 1 saturated carbocycles. The summed E-state index contributed by atoms with van der Waals surface area (Å²) in [5.41, 5.74) is 4.19. The number of anilines is 1. The Morgan fingerprint density at radius 2 is 1.56 bits per heavy atom. The van der Waals surface area contributed by atoms with Gasteiger partial charge in [0.1, 0.15) is 12.6 Å². The first-order valence-corrected chi connectivity index (χ1v) is 15.8. The van der Waals surface area contributed by atoms with Crippen LogP contribution in [0.4, 0.5) is 5.69 Å². The van der Waals surface area contributed by atoms with Gasteiger partial charge >= 0.3 is 0 Å². The highest BCUT2D eigenvalue weighted by Gasteiger charge is 2.33. The van der Waals surface area contributed by atoms with Crippen LogP contribution in [0.15, 0.2) is 71.6 Å². The third kappa shape index (κ3) is 7.49. The van der Waals surface area contributed by atoms with Crippen LogP contribution in [0.1, 0.15) is 54.9 Å². The molecule has 4 rings (SSSR count). The SMILES string of the molecule is Cc1ccc(CN(C(=O)CN(c2ccc(C)c(C)c2)S(=O)(=O)c2ccc(Cl)cc2)C(C)C(=O)NC2CCCC2)cc1. The topological polar surface area (TPSA) is 86.8 Å². The van der Waals surface area contributed by atoms with E-state index in [1.165, 1.54) is 29.2 Å². The Hall–Kier alpha value is -3.36. The standard InChI is InChI=1S/C32H38ClN3O4S/c1-22-9-12-26(13-10-22)20-35(25(4)32(38)34-28-7-5-6-8-28)31(37)21-36(29-16-11-23(2)24(3)19-29)41(39,40)30-17-14-27(33)15-18-30/h9-19,25,28H,5-8,20-21H2,1-4H3,(H,34,38). The Morgan fingerprint density at radius 1 is 0.927 bits per heavy atom. The maximum absolute atomic E-state index is 14.1. The van der Waals surface area contributed by atoms with Crippen molar-refractivity contribution in [3.63, 3.8) is 0 Å². The van der Waals surface area contributed by atoms with Crippen molar-refractivity contribution in [1.29, 1.82) is 0 Å². The number of hydrogen-bond donors (Lipinski definition) is 1. The Bertz CT molecular complexity index is 1480. The van der Waals surface area contributed by atoms with Crippen molar-refractivity contribution >= 4 is 39.1 Å². The van der Waals surface area contributed by atoms with Gasteiger partial charge in [-0.05, 0) is 93.6 Å². The molecule has 0 aliphatic heterocycles. The Kier molecular flexibility index (Phi) is 9.76. The highest BCUT2D eigenvalue weighted by molar-refractivity contribution is 7.92. The molecule has 0 saturated heterocycles. The van der Waals surface area contributed by atoms with E-state index in [9.17, 15) is 18.0 Å². The minimum Gasteiger partial charge on any atom is -0.352 e. The second-order valence-electron chi connectivity index (χ2n) is 10.9. The zero-order valence-electron chi connectivity index (χ0n) is 24.1. The van der Waals surface area contributed by atoms with Crippen LogP contribution in [0.2, 0.25) is 5.02 Å². The molecule has 0 heterocycles. The summed E-state index contributed by atoms with van der Waals surface area (Å²) in [5.74, 6) is -0.717. The van der Waals surface area contributed by atoms with Crippen molar-refractivity contribution in [2.24, 2.45) is 0 Å². The molecule has 1 aliphatic carbocycles.